The van der Waals surface area contributed by atoms with Gasteiger partial charge in [0.05, 0.1) is 6.61 Å². The van der Waals surface area contributed by atoms with Crippen LogP contribution in [0.4, 0.5) is 4.39 Å². The third-order valence-corrected chi connectivity index (χ3v) is 2.16. The van der Waals surface area contributed by atoms with Gasteiger partial charge >= 0.3 is 0 Å². The second-order valence-corrected chi connectivity index (χ2v) is 3.20. The Balaban J connectivity index is 2.26. The average molecular weight is 219 g/mol. The van der Waals surface area contributed by atoms with Crippen LogP contribution in [0.3, 0.4) is 0 Å². The Labute approximate surface area is 91.8 Å². The highest BCUT2D eigenvalue weighted by atomic mass is 19.1. The van der Waals surface area contributed by atoms with Crippen molar-refractivity contribution in [3.63, 3.8) is 0 Å². The van der Waals surface area contributed by atoms with Crippen LogP contribution in [0.5, 0.6) is 0 Å². The summed E-state index contributed by atoms with van der Waals surface area (Å²) in [5.41, 5.74) is 1.99. The predicted molar refractivity (Wildman–Crippen MR) is 58.1 cm³/mol. The maximum absolute atomic E-state index is 13.3. The molecule has 16 heavy (non-hydrogen) atoms. The van der Waals surface area contributed by atoms with E-state index in [0.29, 0.717) is 11.3 Å². The van der Waals surface area contributed by atoms with E-state index in [0.717, 1.165) is 11.6 Å². The van der Waals surface area contributed by atoms with Gasteiger partial charge < -0.3 is 9.63 Å². The minimum Gasteiger partial charge on any atom is -0.392 e. The van der Waals surface area contributed by atoms with Gasteiger partial charge in [-0.05, 0) is 6.08 Å². The van der Waals surface area contributed by atoms with Crippen molar-refractivity contribution in [2.45, 2.75) is 0 Å². The van der Waals surface area contributed by atoms with E-state index in [4.69, 9.17) is 9.63 Å². The smallest absolute Gasteiger partial charge is 0.128 e. The Morgan fingerprint density at radius 2 is 2.06 bits per heavy atom. The summed E-state index contributed by atoms with van der Waals surface area (Å²) in [6.07, 6.45) is 2.60. The lowest BCUT2D eigenvalue weighted by atomic mass is 10.1. The van der Waals surface area contributed by atoms with Gasteiger partial charge in [0.15, 0.2) is 0 Å². The zero-order valence-corrected chi connectivity index (χ0v) is 8.43. The Kier molecular flexibility index (Phi) is 3.12. The summed E-state index contributed by atoms with van der Waals surface area (Å²) in [6, 6.07) is 8.49. The van der Waals surface area contributed by atoms with Gasteiger partial charge in [-0.3, -0.25) is 0 Å². The lowest BCUT2D eigenvalue weighted by molar-refractivity contribution is 0.342. The van der Waals surface area contributed by atoms with Crippen LogP contribution in [-0.2, 0) is 0 Å². The Morgan fingerprint density at radius 3 is 2.62 bits per heavy atom. The second-order valence-electron chi connectivity index (χ2n) is 3.20. The van der Waals surface area contributed by atoms with Crippen molar-refractivity contribution in [1.29, 1.82) is 0 Å². The van der Waals surface area contributed by atoms with Crippen molar-refractivity contribution >= 4 is 5.83 Å². The van der Waals surface area contributed by atoms with Crippen molar-refractivity contribution in [2.75, 3.05) is 6.61 Å². The van der Waals surface area contributed by atoms with Gasteiger partial charge in [0, 0.05) is 17.2 Å². The number of aliphatic hydroxyl groups excluding tert-OH is 1. The molecule has 1 aromatic heterocycles. The largest absolute Gasteiger partial charge is 0.392 e. The molecule has 0 aliphatic heterocycles. The van der Waals surface area contributed by atoms with Crippen LogP contribution in [0.25, 0.3) is 17.1 Å². The zero-order valence-electron chi connectivity index (χ0n) is 8.43. The molecule has 0 unspecified atom stereocenters. The molecule has 0 saturated carbocycles. The Hall–Kier alpha value is -1.94. The highest BCUT2D eigenvalue weighted by Crippen LogP contribution is 2.21. The summed E-state index contributed by atoms with van der Waals surface area (Å²) in [5.74, 6) is -0.436. The topological polar surface area (TPSA) is 46.3 Å². The molecule has 4 heteroatoms. The van der Waals surface area contributed by atoms with Gasteiger partial charge in [0.25, 0.3) is 0 Å². The number of nitrogens with zero attached hydrogens (tertiary/aromatic N) is 1. The summed E-state index contributed by atoms with van der Waals surface area (Å²) < 4.78 is 18.0. The first-order valence-corrected chi connectivity index (χ1v) is 4.79. The monoisotopic (exact) mass is 219 g/mol. The summed E-state index contributed by atoms with van der Waals surface area (Å²) in [6.45, 7) is -0.309. The minimum absolute atomic E-state index is 0.309. The molecule has 2 aromatic rings. The average Bonchev–Trinajstić information content (AvgIpc) is 2.83. The molecule has 0 aliphatic rings. The van der Waals surface area contributed by atoms with Crippen LogP contribution in [0.15, 0.2) is 47.2 Å². The molecule has 1 aromatic carbocycles. The van der Waals surface area contributed by atoms with Crippen LogP contribution in [0.2, 0.25) is 0 Å². The van der Waals surface area contributed by atoms with Crippen LogP contribution in [0.1, 0.15) is 5.56 Å². The normalized spacial score (nSPS) is 11.8. The van der Waals surface area contributed by atoms with Crippen LogP contribution >= 0.6 is 0 Å². The first kappa shape index (κ1) is 10.6. The number of aliphatic hydroxyl groups is 1. The lowest BCUT2D eigenvalue weighted by Crippen LogP contribution is -1.82. The molecule has 0 aliphatic carbocycles. The minimum atomic E-state index is -0.436. The molecular formula is C12H10FNO2. The highest BCUT2D eigenvalue weighted by molar-refractivity contribution is 5.65. The molecule has 3 nitrogen and oxygen atoms in total. The fourth-order valence-corrected chi connectivity index (χ4v) is 1.36. The summed E-state index contributed by atoms with van der Waals surface area (Å²) in [5, 5.41) is 12.3. The van der Waals surface area contributed by atoms with Crippen molar-refractivity contribution in [2.24, 2.45) is 0 Å². The third kappa shape index (κ3) is 2.17. The fourth-order valence-electron chi connectivity index (χ4n) is 1.36. The third-order valence-electron chi connectivity index (χ3n) is 2.16. The molecule has 0 radical (unpaired) electrons. The summed E-state index contributed by atoms with van der Waals surface area (Å²) >= 11 is 0. The van der Waals surface area contributed by atoms with Gasteiger partial charge in [-0.2, -0.15) is 0 Å². The molecule has 0 fully saturated rings. The SMILES string of the molecule is OCC=C(F)c1ccc(-c2ccon2)cc1. The fraction of sp³-hybridized carbons (Fsp3) is 0.0833. The number of aromatic nitrogens is 1. The van der Waals surface area contributed by atoms with Crippen LogP contribution in [0, 0.1) is 0 Å². The van der Waals surface area contributed by atoms with Crippen molar-refractivity contribution < 1.29 is 14.0 Å². The molecule has 82 valence electrons. The molecule has 0 atom stereocenters. The summed E-state index contributed by atoms with van der Waals surface area (Å²) in [7, 11) is 0. The quantitative estimate of drug-likeness (QED) is 0.863. The standard InChI is InChI=1S/C12H10FNO2/c13-11(5-7-15)9-1-3-10(4-2-9)12-6-8-16-14-12/h1-6,8,15H,7H2. The van der Waals surface area contributed by atoms with E-state index in [2.05, 4.69) is 5.16 Å². The Bertz CT molecular complexity index is 474. The number of halogens is 1. The van der Waals surface area contributed by atoms with Crippen LogP contribution in [-0.4, -0.2) is 16.9 Å². The second kappa shape index (κ2) is 4.72. The molecule has 1 N–H and O–H groups in total. The molecule has 0 bridgehead atoms. The van der Waals surface area contributed by atoms with Gasteiger partial charge in [-0.15, -0.1) is 0 Å². The summed E-state index contributed by atoms with van der Waals surface area (Å²) in [4.78, 5) is 0. The van der Waals surface area contributed by atoms with Crippen molar-refractivity contribution in [3.05, 3.63) is 48.2 Å². The molecule has 0 spiro atoms. The first-order chi connectivity index (χ1) is 7.81. The van der Waals surface area contributed by atoms with E-state index in [1.807, 2.05) is 0 Å². The number of hydrogen-bond donors (Lipinski definition) is 1. The number of rotatable bonds is 3. The maximum atomic E-state index is 13.3. The molecule has 2 rings (SSSR count). The van der Waals surface area contributed by atoms with E-state index in [9.17, 15) is 4.39 Å². The predicted octanol–water partition coefficient (Wildman–Crippen LogP) is 2.64. The van der Waals surface area contributed by atoms with E-state index in [-0.39, 0.29) is 6.61 Å². The van der Waals surface area contributed by atoms with E-state index < -0.39 is 5.83 Å². The van der Waals surface area contributed by atoms with Gasteiger partial charge in [0.1, 0.15) is 17.8 Å². The molecular weight excluding hydrogens is 209 g/mol. The highest BCUT2D eigenvalue weighted by Gasteiger charge is 2.03. The number of benzene rings is 1. The molecule has 0 amide bonds. The van der Waals surface area contributed by atoms with Gasteiger partial charge in [-0.1, -0.05) is 29.4 Å². The van der Waals surface area contributed by atoms with Gasteiger partial charge in [0.2, 0.25) is 0 Å². The van der Waals surface area contributed by atoms with Crippen molar-refractivity contribution in [3.8, 4) is 11.3 Å². The Morgan fingerprint density at radius 1 is 1.31 bits per heavy atom. The van der Waals surface area contributed by atoms with E-state index >= 15 is 0 Å². The maximum Gasteiger partial charge on any atom is 0.128 e. The van der Waals surface area contributed by atoms with Crippen LogP contribution < -0.4 is 0 Å². The van der Waals surface area contributed by atoms with Crippen molar-refractivity contribution in [1.82, 2.24) is 5.16 Å². The van der Waals surface area contributed by atoms with E-state index in [1.54, 1.807) is 30.3 Å². The van der Waals surface area contributed by atoms with E-state index in [1.165, 1.54) is 6.26 Å². The first-order valence-electron chi connectivity index (χ1n) is 4.79. The molecule has 0 saturated heterocycles. The molecule has 1 heterocycles. The zero-order chi connectivity index (χ0) is 11.4. The lowest BCUT2D eigenvalue weighted by Gasteiger charge is -1.99. The van der Waals surface area contributed by atoms with Gasteiger partial charge in [-0.25, -0.2) is 4.39 Å². The number of hydrogen-bond acceptors (Lipinski definition) is 3.